The van der Waals surface area contributed by atoms with Crippen molar-refractivity contribution in [3.05, 3.63) is 23.8 Å². The summed E-state index contributed by atoms with van der Waals surface area (Å²) in [7, 11) is 1.63. The summed E-state index contributed by atoms with van der Waals surface area (Å²) in [5.74, 6) is -0.0935. The van der Waals surface area contributed by atoms with Gasteiger partial charge in [-0.15, -0.1) is 0 Å². The number of anilines is 2. The Morgan fingerprint density at radius 1 is 1.14 bits per heavy atom. The third kappa shape index (κ3) is 7.08. The van der Waals surface area contributed by atoms with Gasteiger partial charge in [0.2, 0.25) is 5.91 Å². The number of amides is 1. The minimum atomic E-state index is -0.0935. The van der Waals surface area contributed by atoms with E-state index in [2.05, 4.69) is 5.32 Å². The summed E-state index contributed by atoms with van der Waals surface area (Å²) in [4.78, 5) is 11.8. The van der Waals surface area contributed by atoms with Crippen LogP contribution in [0.1, 0.15) is 12.0 Å². The maximum atomic E-state index is 11.8. The van der Waals surface area contributed by atoms with E-state index in [-0.39, 0.29) is 5.91 Å². The lowest BCUT2D eigenvalue weighted by molar-refractivity contribution is -0.117. The Labute approximate surface area is 125 Å². The fourth-order valence-electron chi connectivity index (χ4n) is 1.63. The van der Waals surface area contributed by atoms with Crippen LogP contribution in [0, 0.1) is 6.92 Å². The molecule has 0 aliphatic rings. The van der Waals surface area contributed by atoms with Crippen LogP contribution in [0.4, 0.5) is 11.4 Å². The minimum Gasteiger partial charge on any atom is -0.398 e. The summed E-state index contributed by atoms with van der Waals surface area (Å²) in [6.07, 6.45) is 0.298. The van der Waals surface area contributed by atoms with Crippen molar-refractivity contribution in [3.63, 3.8) is 0 Å². The van der Waals surface area contributed by atoms with Crippen LogP contribution >= 0.6 is 0 Å². The molecule has 0 bridgehead atoms. The van der Waals surface area contributed by atoms with Crippen LogP contribution in [0.2, 0.25) is 0 Å². The molecule has 1 aromatic carbocycles. The van der Waals surface area contributed by atoms with Crippen LogP contribution in [0.15, 0.2) is 18.2 Å². The molecule has 0 saturated heterocycles. The molecule has 0 heterocycles. The molecule has 6 nitrogen and oxygen atoms in total. The van der Waals surface area contributed by atoms with Gasteiger partial charge < -0.3 is 25.3 Å². The van der Waals surface area contributed by atoms with Crippen LogP contribution in [0.5, 0.6) is 0 Å². The number of nitrogens with one attached hydrogen (secondary N) is 1. The van der Waals surface area contributed by atoms with Gasteiger partial charge in [-0.2, -0.15) is 0 Å². The molecular formula is C15H24N2O4. The molecule has 1 amide bonds. The molecule has 0 aromatic heterocycles. The Balaban J connectivity index is 2.13. The molecule has 3 N–H and O–H groups in total. The number of nitrogens with two attached hydrogens (primary N) is 1. The number of ether oxygens (including phenoxy) is 3. The van der Waals surface area contributed by atoms with Gasteiger partial charge in [0.25, 0.3) is 0 Å². The summed E-state index contributed by atoms with van der Waals surface area (Å²) in [6, 6.07) is 5.44. The first kappa shape index (κ1) is 17.4. The van der Waals surface area contributed by atoms with E-state index in [1.54, 1.807) is 13.2 Å². The van der Waals surface area contributed by atoms with E-state index < -0.39 is 0 Å². The number of hydrogen-bond acceptors (Lipinski definition) is 5. The number of methoxy groups -OCH3 is 1. The zero-order valence-electron chi connectivity index (χ0n) is 12.7. The normalized spacial score (nSPS) is 10.6. The molecule has 21 heavy (non-hydrogen) atoms. The van der Waals surface area contributed by atoms with Gasteiger partial charge in [-0.05, 0) is 24.6 Å². The maximum absolute atomic E-state index is 11.8. The molecule has 0 aliphatic heterocycles. The number of hydrogen-bond donors (Lipinski definition) is 2. The maximum Gasteiger partial charge on any atom is 0.226 e. The Morgan fingerprint density at radius 3 is 2.52 bits per heavy atom. The smallest absolute Gasteiger partial charge is 0.226 e. The van der Waals surface area contributed by atoms with Crippen molar-refractivity contribution < 1.29 is 19.0 Å². The van der Waals surface area contributed by atoms with E-state index in [1.807, 2.05) is 19.1 Å². The quantitative estimate of drug-likeness (QED) is 0.506. The lowest BCUT2D eigenvalue weighted by atomic mass is 10.1. The van der Waals surface area contributed by atoms with Crippen LogP contribution < -0.4 is 11.1 Å². The summed E-state index contributed by atoms with van der Waals surface area (Å²) in [5, 5.41) is 2.82. The van der Waals surface area contributed by atoms with Crippen molar-refractivity contribution in [2.75, 3.05) is 51.2 Å². The van der Waals surface area contributed by atoms with E-state index in [0.29, 0.717) is 45.1 Å². The third-order valence-corrected chi connectivity index (χ3v) is 2.93. The van der Waals surface area contributed by atoms with Gasteiger partial charge in [-0.3, -0.25) is 4.79 Å². The average molecular weight is 296 g/mol. The van der Waals surface area contributed by atoms with Crippen molar-refractivity contribution in [1.82, 2.24) is 0 Å². The number of carbonyl (C=O) groups excluding carboxylic acids is 1. The third-order valence-electron chi connectivity index (χ3n) is 2.93. The van der Waals surface area contributed by atoms with Gasteiger partial charge in [0.05, 0.1) is 39.5 Å². The van der Waals surface area contributed by atoms with Crippen molar-refractivity contribution >= 4 is 17.3 Å². The summed E-state index contributed by atoms with van der Waals surface area (Å²) in [6.45, 7) is 4.32. The highest BCUT2D eigenvalue weighted by Crippen LogP contribution is 2.20. The SMILES string of the molecule is COCCOCCOCCC(=O)Nc1cccc(N)c1C. The highest BCUT2D eigenvalue weighted by atomic mass is 16.5. The van der Waals surface area contributed by atoms with Gasteiger partial charge in [0.1, 0.15) is 0 Å². The molecular weight excluding hydrogens is 272 g/mol. The number of nitrogen functional groups attached to an aromatic ring is 1. The molecule has 1 aromatic rings. The first-order chi connectivity index (χ1) is 10.1. The fourth-order valence-corrected chi connectivity index (χ4v) is 1.63. The van der Waals surface area contributed by atoms with Gasteiger partial charge in [-0.25, -0.2) is 0 Å². The molecule has 1 rings (SSSR count). The summed E-state index contributed by atoms with van der Waals surface area (Å²) >= 11 is 0. The first-order valence-corrected chi connectivity index (χ1v) is 6.94. The average Bonchev–Trinajstić information content (AvgIpc) is 2.47. The van der Waals surface area contributed by atoms with Crippen LogP contribution in [0.3, 0.4) is 0 Å². The predicted molar refractivity (Wildman–Crippen MR) is 82.4 cm³/mol. The molecule has 0 fully saturated rings. The number of carbonyl (C=O) groups is 1. The molecule has 0 unspecified atom stereocenters. The van der Waals surface area contributed by atoms with Crippen LogP contribution in [-0.2, 0) is 19.0 Å². The largest absolute Gasteiger partial charge is 0.398 e. The Morgan fingerprint density at radius 2 is 1.81 bits per heavy atom. The molecule has 0 atom stereocenters. The van der Waals surface area contributed by atoms with Crippen molar-refractivity contribution in [1.29, 1.82) is 0 Å². The van der Waals surface area contributed by atoms with E-state index in [4.69, 9.17) is 19.9 Å². The van der Waals surface area contributed by atoms with Crippen molar-refractivity contribution in [3.8, 4) is 0 Å². The fraction of sp³-hybridized carbons (Fsp3) is 0.533. The second-order valence-electron chi connectivity index (χ2n) is 4.54. The highest BCUT2D eigenvalue weighted by molar-refractivity contribution is 5.92. The van der Waals surface area contributed by atoms with Gasteiger partial charge in [-0.1, -0.05) is 6.07 Å². The molecule has 0 radical (unpaired) electrons. The van der Waals surface area contributed by atoms with E-state index in [9.17, 15) is 4.79 Å². The minimum absolute atomic E-state index is 0.0935. The second kappa shape index (κ2) is 10.1. The van der Waals surface area contributed by atoms with E-state index in [0.717, 1.165) is 11.3 Å². The molecule has 0 aliphatic carbocycles. The number of benzene rings is 1. The summed E-state index contributed by atoms with van der Waals surface area (Å²) in [5.41, 5.74) is 8.06. The Hall–Kier alpha value is -1.63. The standard InChI is InChI=1S/C15H24N2O4/c1-12-13(16)4-3-5-14(12)17-15(18)6-7-20-10-11-21-9-8-19-2/h3-5H,6-11,16H2,1-2H3,(H,17,18). The Kier molecular flexibility index (Phi) is 8.42. The molecule has 0 saturated carbocycles. The van der Waals surface area contributed by atoms with Crippen molar-refractivity contribution in [2.24, 2.45) is 0 Å². The van der Waals surface area contributed by atoms with E-state index >= 15 is 0 Å². The monoisotopic (exact) mass is 296 g/mol. The molecule has 0 spiro atoms. The van der Waals surface area contributed by atoms with Gasteiger partial charge >= 0.3 is 0 Å². The van der Waals surface area contributed by atoms with Crippen molar-refractivity contribution in [2.45, 2.75) is 13.3 Å². The topological polar surface area (TPSA) is 82.8 Å². The Bertz CT molecular complexity index is 438. The van der Waals surface area contributed by atoms with Crippen LogP contribution in [-0.4, -0.2) is 46.1 Å². The van der Waals surface area contributed by atoms with Gasteiger partial charge in [0, 0.05) is 18.5 Å². The first-order valence-electron chi connectivity index (χ1n) is 6.94. The molecule has 118 valence electrons. The second-order valence-corrected chi connectivity index (χ2v) is 4.54. The van der Waals surface area contributed by atoms with Crippen LogP contribution in [0.25, 0.3) is 0 Å². The lowest BCUT2D eigenvalue weighted by Crippen LogP contribution is -2.16. The predicted octanol–water partition coefficient (Wildman–Crippen LogP) is 1.59. The zero-order chi connectivity index (χ0) is 15.5. The van der Waals surface area contributed by atoms with Gasteiger partial charge in [0.15, 0.2) is 0 Å². The summed E-state index contributed by atoms with van der Waals surface area (Å²) < 4.78 is 15.4. The lowest BCUT2D eigenvalue weighted by Gasteiger charge is -2.10. The number of rotatable bonds is 10. The highest BCUT2D eigenvalue weighted by Gasteiger charge is 2.06. The molecule has 6 heteroatoms. The zero-order valence-corrected chi connectivity index (χ0v) is 12.7. The van der Waals surface area contributed by atoms with E-state index in [1.165, 1.54) is 0 Å².